The molecule has 0 fully saturated rings. The molecule has 0 bridgehead atoms. The zero-order chi connectivity index (χ0) is 9.00. The summed E-state index contributed by atoms with van der Waals surface area (Å²) in [6.45, 7) is 0. The van der Waals surface area contributed by atoms with Crippen molar-refractivity contribution in [1.82, 2.24) is 0 Å². The van der Waals surface area contributed by atoms with Crippen molar-refractivity contribution >= 4 is 16.3 Å². The van der Waals surface area contributed by atoms with Gasteiger partial charge in [0.05, 0.1) is 0 Å². The van der Waals surface area contributed by atoms with Crippen molar-refractivity contribution in [2.24, 2.45) is 0 Å². The van der Waals surface area contributed by atoms with Crippen LogP contribution in [0.3, 0.4) is 0 Å². The third-order valence-corrected chi connectivity index (χ3v) is 0. The van der Waals surface area contributed by atoms with Crippen LogP contribution in [0, 0.1) is 0 Å². The van der Waals surface area contributed by atoms with Gasteiger partial charge in [0.1, 0.15) is 0 Å². The molecule has 3 N–H and O–H groups in total. The Kier molecular flexibility index (Phi) is 5.42. The Hall–Kier alpha value is 0.260. The zero-order valence-corrected chi connectivity index (χ0v) is 6.10. The van der Waals surface area contributed by atoms with Crippen molar-refractivity contribution in [1.29, 1.82) is 0 Å². The van der Waals surface area contributed by atoms with Gasteiger partial charge in [0.25, 0.3) is 0 Å². The number of rotatable bonds is 0. The predicted octanol–water partition coefficient (Wildman–Crippen LogP) is 1.35. The number of hydrogen-bond donors (Lipinski definition) is 3. The standard InChI is InChI=1S/F4HP.H3O4P/c2*1-5(2,3)4/h5H;(H3,1,2,3,4). The van der Waals surface area contributed by atoms with Gasteiger partial charge in [-0.1, -0.05) is 0 Å². The summed E-state index contributed by atoms with van der Waals surface area (Å²) in [5.41, 5.74) is 0. The Balaban J connectivity index is 0. The second-order valence-electron chi connectivity index (χ2n) is 0.942. The molecule has 0 spiro atoms. The van der Waals surface area contributed by atoms with Gasteiger partial charge < -0.3 is 14.7 Å². The fraction of sp³-hybridized carbons (Fsp3) is 0. The normalized spacial score (nSPS) is 13.5. The molecule has 66 valence electrons. The maximum Gasteiger partial charge on any atom is 0.466 e. The Bertz CT molecular complexity index is 107. The van der Waals surface area contributed by atoms with Gasteiger partial charge in [0.15, 0.2) is 0 Å². The molecule has 0 saturated carbocycles. The summed E-state index contributed by atoms with van der Waals surface area (Å²) in [7, 11) is -11.2. The Morgan fingerprint density at radius 3 is 1.00 bits per heavy atom. The largest absolute Gasteiger partial charge is 0.466 e. The van der Waals surface area contributed by atoms with Crippen molar-refractivity contribution in [3.05, 3.63) is 0 Å². The molecule has 0 aliphatic rings. The summed E-state index contributed by atoms with van der Waals surface area (Å²) in [6.07, 6.45) is 0. The van der Waals surface area contributed by atoms with E-state index in [4.69, 9.17) is 19.2 Å². The Morgan fingerprint density at radius 2 is 1.00 bits per heavy atom. The maximum absolute atomic E-state index is 9.83. The molecular weight excluding hydrogens is 202 g/mol. The molecule has 0 heterocycles. The van der Waals surface area contributed by atoms with E-state index in [1.807, 2.05) is 0 Å². The average Bonchev–Trinajstić information content (AvgIpc) is 1.12. The number of hydrogen-bond acceptors (Lipinski definition) is 1. The van der Waals surface area contributed by atoms with Crippen LogP contribution in [0.5, 0.6) is 0 Å². The summed E-state index contributed by atoms with van der Waals surface area (Å²) in [5.74, 6) is 0. The minimum Gasteiger partial charge on any atom is -0.303 e. The molecule has 0 amide bonds. The van der Waals surface area contributed by atoms with Crippen molar-refractivity contribution < 1.29 is 36.0 Å². The van der Waals surface area contributed by atoms with Crippen LogP contribution in [0.2, 0.25) is 0 Å². The van der Waals surface area contributed by atoms with Crippen molar-refractivity contribution in [2.45, 2.75) is 0 Å². The molecule has 0 aliphatic heterocycles. The van der Waals surface area contributed by atoms with Crippen LogP contribution in [-0.2, 0) is 4.57 Å². The summed E-state index contributed by atoms with van der Waals surface area (Å²) in [5, 5.41) is 0. The van der Waals surface area contributed by atoms with Crippen LogP contribution in [0.25, 0.3) is 0 Å². The van der Waals surface area contributed by atoms with E-state index < -0.39 is 16.3 Å². The van der Waals surface area contributed by atoms with Crippen LogP contribution in [0.1, 0.15) is 0 Å². The molecule has 0 aromatic carbocycles. The topological polar surface area (TPSA) is 77.8 Å². The van der Waals surface area contributed by atoms with Crippen LogP contribution in [0.4, 0.5) is 16.8 Å². The number of halogens is 4. The van der Waals surface area contributed by atoms with E-state index in [0.29, 0.717) is 0 Å². The summed E-state index contributed by atoms with van der Waals surface area (Å²) < 4.78 is 48.2. The second-order valence-corrected chi connectivity index (χ2v) is 2.83. The molecule has 10 heteroatoms. The Morgan fingerprint density at radius 1 is 1.00 bits per heavy atom. The molecule has 0 saturated heterocycles. The third kappa shape index (κ3) is 6440. The van der Waals surface area contributed by atoms with Gasteiger partial charge in [0, 0.05) is 0 Å². The van der Waals surface area contributed by atoms with Crippen LogP contribution < -0.4 is 0 Å². The molecule has 10 heavy (non-hydrogen) atoms. The van der Waals surface area contributed by atoms with Crippen LogP contribution in [-0.4, -0.2) is 14.7 Å². The van der Waals surface area contributed by atoms with Gasteiger partial charge in [-0.2, -0.15) is 0 Å². The second kappa shape index (κ2) is 4.20. The fourth-order valence-corrected chi connectivity index (χ4v) is 0. The molecule has 0 atom stereocenters. The third-order valence-electron chi connectivity index (χ3n) is 0. The van der Waals surface area contributed by atoms with Crippen molar-refractivity contribution in [3.63, 3.8) is 0 Å². The van der Waals surface area contributed by atoms with Gasteiger partial charge in [-0.25, -0.2) is 4.57 Å². The summed E-state index contributed by atoms with van der Waals surface area (Å²) in [4.78, 5) is 21.6. The molecule has 4 nitrogen and oxygen atoms in total. The van der Waals surface area contributed by atoms with E-state index in [0.717, 1.165) is 0 Å². The van der Waals surface area contributed by atoms with E-state index in [1.165, 1.54) is 0 Å². The number of phosphoric acid groups is 1. The maximum atomic E-state index is 9.83. The van der Waals surface area contributed by atoms with Crippen LogP contribution >= 0.6 is 16.3 Å². The van der Waals surface area contributed by atoms with E-state index in [-0.39, 0.29) is 0 Å². The fourth-order valence-electron chi connectivity index (χ4n) is 0. The van der Waals surface area contributed by atoms with Gasteiger partial charge >= 0.3 is 33.1 Å². The first kappa shape index (κ1) is 12.9. The molecule has 0 radical (unpaired) electrons. The van der Waals surface area contributed by atoms with E-state index in [9.17, 15) is 16.8 Å². The molecule has 0 rings (SSSR count). The molecular formula is H4F4O4P2. The monoisotopic (exact) mass is 206 g/mol. The quantitative estimate of drug-likeness (QED) is 0.412. The molecule has 0 aromatic rings. The summed E-state index contributed by atoms with van der Waals surface area (Å²) in [6, 6.07) is 0. The molecule has 0 aliphatic carbocycles. The minimum absolute atomic E-state index is 4.64. The van der Waals surface area contributed by atoms with E-state index in [2.05, 4.69) is 0 Å². The first-order chi connectivity index (χ1) is 4.00. The van der Waals surface area contributed by atoms with E-state index >= 15 is 0 Å². The summed E-state index contributed by atoms with van der Waals surface area (Å²) >= 11 is 0. The predicted molar refractivity (Wildman–Crippen MR) is 27.0 cm³/mol. The van der Waals surface area contributed by atoms with Gasteiger partial charge in [-0.15, -0.1) is 0 Å². The van der Waals surface area contributed by atoms with Crippen molar-refractivity contribution in [2.75, 3.05) is 0 Å². The first-order valence-electron chi connectivity index (χ1n) is 1.54. The minimum atomic E-state index is -6.61. The van der Waals surface area contributed by atoms with E-state index in [1.54, 1.807) is 0 Å². The first-order valence-corrected chi connectivity index (χ1v) is 4.62. The Labute approximate surface area is 53.5 Å². The smallest absolute Gasteiger partial charge is 0.303 e. The molecule has 0 aromatic heterocycles. The average molecular weight is 206 g/mol. The van der Waals surface area contributed by atoms with Crippen LogP contribution in [0.15, 0.2) is 0 Å². The molecule has 0 unspecified atom stereocenters. The SMILES string of the molecule is F[PH](F)(F)F.O=P(O)(O)O. The van der Waals surface area contributed by atoms with Crippen molar-refractivity contribution in [3.8, 4) is 0 Å². The van der Waals surface area contributed by atoms with Gasteiger partial charge in [-0.3, -0.25) is 0 Å². The zero-order valence-electron chi connectivity index (χ0n) is 4.21. The van der Waals surface area contributed by atoms with Gasteiger partial charge in [0.2, 0.25) is 0 Å². The van der Waals surface area contributed by atoms with Gasteiger partial charge in [-0.05, 0) is 0 Å².